The van der Waals surface area contributed by atoms with E-state index in [-0.39, 0.29) is 5.01 Å². The molecule has 6 N–H and O–H groups in total. The van der Waals surface area contributed by atoms with Gasteiger partial charge < -0.3 is 15.3 Å². The molecule has 0 saturated heterocycles. The Labute approximate surface area is 134 Å². The summed E-state index contributed by atoms with van der Waals surface area (Å²) in [6.07, 6.45) is 1.67. The number of benzene rings is 1. The molecule has 0 unspecified atom stereocenters. The molecule has 1 radical (unpaired) electrons. The zero-order valence-electron chi connectivity index (χ0n) is 11.3. The minimum Gasteiger partial charge on any atom is -0.477 e. The molecule has 0 amide bonds. The summed E-state index contributed by atoms with van der Waals surface area (Å²) >= 11 is 0. The van der Waals surface area contributed by atoms with Crippen LogP contribution in [0.5, 0.6) is 0 Å². The van der Waals surface area contributed by atoms with E-state index < -0.39 is 53.3 Å². The molecule has 0 spiro atoms. The van der Waals surface area contributed by atoms with Crippen LogP contribution in [0.2, 0.25) is 0 Å². The maximum Gasteiger partial charge on any atom is 0.354 e. The Hall–Kier alpha value is -2.23. The summed E-state index contributed by atoms with van der Waals surface area (Å²) in [7, 11) is -9.81. The number of hydrogen-bond donors (Lipinski definition) is 6. The van der Waals surface area contributed by atoms with Gasteiger partial charge in [-0.3, -0.25) is 14.5 Å². The summed E-state index contributed by atoms with van der Waals surface area (Å²) in [6, 6.07) is 1.66. The number of carboxylic acid groups (broad SMARTS) is 1. The third kappa shape index (κ3) is 3.32. The van der Waals surface area contributed by atoms with Gasteiger partial charge in [0.15, 0.2) is 5.70 Å². The van der Waals surface area contributed by atoms with Gasteiger partial charge >= 0.3 is 5.97 Å². The van der Waals surface area contributed by atoms with Crippen LogP contribution in [0, 0.1) is 6.08 Å². The topological polar surface area (TPSA) is 202 Å². The molecule has 131 valence electrons. The van der Waals surface area contributed by atoms with Crippen molar-refractivity contribution >= 4 is 31.9 Å². The largest absolute Gasteiger partial charge is 0.477 e. The molecule has 12 nitrogen and oxygen atoms in total. The smallest absolute Gasteiger partial charge is 0.354 e. The van der Waals surface area contributed by atoms with Gasteiger partial charge in [-0.1, -0.05) is 0 Å². The van der Waals surface area contributed by atoms with E-state index >= 15 is 0 Å². The number of nitrogens with zero attached hydrogens (tertiary/aromatic N) is 1. The molecule has 14 heteroatoms. The van der Waals surface area contributed by atoms with Crippen LogP contribution in [0.15, 0.2) is 33.7 Å². The van der Waals surface area contributed by atoms with Crippen molar-refractivity contribution in [3.05, 3.63) is 30.0 Å². The Bertz CT molecular complexity index is 948. The van der Waals surface area contributed by atoms with Crippen molar-refractivity contribution in [1.29, 1.82) is 0 Å². The predicted molar refractivity (Wildman–Crippen MR) is 73.2 cm³/mol. The van der Waals surface area contributed by atoms with Gasteiger partial charge in [0.1, 0.15) is 4.90 Å². The first kappa shape index (κ1) is 18.1. The van der Waals surface area contributed by atoms with Crippen molar-refractivity contribution in [2.75, 3.05) is 5.01 Å². The van der Waals surface area contributed by atoms with Gasteiger partial charge in [0, 0.05) is 0 Å². The van der Waals surface area contributed by atoms with Crippen LogP contribution in [-0.2, 0) is 25.0 Å². The minimum absolute atomic E-state index is 0.119. The van der Waals surface area contributed by atoms with Crippen LogP contribution in [0.25, 0.3) is 0 Å². The summed E-state index contributed by atoms with van der Waals surface area (Å²) in [6.45, 7) is 0. The highest BCUT2D eigenvalue weighted by Gasteiger charge is 2.42. The average Bonchev–Trinajstić information content (AvgIpc) is 2.72. The molecule has 1 aliphatic heterocycles. The first-order chi connectivity index (χ1) is 10.7. The van der Waals surface area contributed by atoms with E-state index in [0.717, 1.165) is 0 Å². The second kappa shape index (κ2) is 5.40. The number of hydrogen-bond acceptors (Lipinski definition) is 9. The number of aliphatic carboxylic acids is 1. The van der Waals surface area contributed by atoms with E-state index in [2.05, 4.69) is 0 Å². The van der Waals surface area contributed by atoms with Gasteiger partial charge in [-0.25, -0.2) is 9.80 Å². The lowest BCUT2D eigenvalue weighted by Crippen LogP contribution is -2.50. The summed E-state index contributed by atoms with van der Waals surface area (Å²) in [5.74, 6) is -4.89. The van der Waals surface area contributed by atoms with Gasteiger partial charge in [0.2, 0.25) is 0 Å². The molecule has 1 heterocycles. The molecular formula is C10H9N2O10S2. The molecule has 0 aromatic heterocycles. The lowest BCUT2D eigenvalue weighted by molar-refractivity contribution is -0.133. The van der Waals surface area contributed by atoms with E-state index in [9.17, 15) is 31.8 Å². The lowest BCUT2D eigenvalue weighted by atomic mass is 10.3. The number of nitrogens with one attached hydrogen (secondary N) is 1. The normalized spacial score (nSPS) is 17.3. The van der Waals surface area contributed by atoms with Crippen LogP contribution < -0.4 is 10.4 Å². The van der Waals surface area contributed by atoms with Gasteiger partial charge in [-0.05, 0) is 18.2 Å². The fourth-order valence-corrected chi connectivity index (χ4v) is 2.98. The molecule has 2 rings (SSSR count). The maximum atomic E-state index is 11.4. The third-order valence-corrected chi connectivity index (χ3v) is 4.54. The van der Waals surface area contributed by atoms with Gasteiger partial charge in [-0.15, -0.1) is 0 Å². The number of anilines is 1. The Morgan fingerprint density at radius 1 is 1.12 bits per heavy atom. The van der Waals surface area contributed by atoms with Crippen LogP contribution in [0.4, 0.5) is 5.69 Å². The number of carbonyl (C=O) groups is 1. The van der Waals surface area contributed by atoms with Crippen molar-refractivity contribution < 1.29 is 46.1 Å². The highest BCUT2D eigenvalue weighted by atomic mass is 32.2. The van der Waals surface area contributed by atoms with Crippen molar-refractivity contribution in [2.24, 2.45) is 0 Å². The number of hydrazine groups is 1. The molecule has 1 aromatic rings. The number of rotatable bonds is 4. The van der Waals surface area contributed by atoms with E-state index in [1.807, 2.05) is 5.43 Å². The standard InChI is InChI=1S/C10H9N2O10S2/c13-9(14)6-4-10(15,16)12(11-6)7-3-5(23(17,18)19)1-2-8(7)24(20,21)22/h1-3,11,15-16H,(H,13,14)(H,17,18,19)(H,20,21,22). The van der Waals surface area contributed by atoms with Gasteiger partial charge in [0.05, 0.1) is 16.7 Å². The fourth-order valence-electron chi connectivity index (χ4n) is 1.82. The Morgan fingerprint density at radius 3 is 2.12 bits per heavy atom. The van der Waals surface area contributed by atoms with E-state index in [1.165, 1.54) is 0 Å². The molecule has 1 aliphatic rings. The molecule has 0 bridgehead atoms. The van der Waals surface area contributed by atoms with Gasteiger partial charge in [-0.2, -0.15) is 16.8 Å². The zero-order valence-corrected chi connectivity index (χ0v) is 12.9. The first-order valence-corrected chi connectivity index (χ1v) is 8.60. The number of carboxylic acids is 1. The summed E-state index contributed by atoms with van der Waals surface area (Å²) < 4.78 is 63.2. The summed E-state index contributed by atoms with van der Waals surface area (Å²) in [5.41, 5.74) is 0.111. The molecule has 0 fully saturated rings. The Morgan fingerprint density at radius 2 is 1.71 bits per heavy atom. The van der Waals surface area contributed by atoms with E-state index in [4.69, 9.17) is 14.2 Å². The third-order valence-electron chi connectivity index (χ3n) is 2.79. The zero-order chi connectivity index (χ0) is 18.5. The Kier molecular flexibility index (Phi) is 4.08. The van der Waals surface area contributed by atoms with Crippen molar-refractivity contribution in [3.63, 3.8) is 0 Å². The highest BCUT2D eigenvalue weighted by Crippen LogP contribution is 2.33. The maximum absolute atomic E-state index is 11.4. The monoisotopic (exact) mass is 381 g/mol. The molecule has 0 saturated carbocycles. The number of aliphatic hydroxyl groups is 2. The van der Waals surface area contributed by atoms with Crippen LogP contribution in [-0.4, -0.2) is 53.1 Å². The second-order valence-corrected chi connectivity index (χ2v) is 7.28. The summed E-state index contributed by atoms with van der Waals surface area (Å²) in [5, 5.41) is 28.4. The molecule has 0 aliphatic carbocycles. The Balaban J connectivity index is 2.71. The first-order valence-electron chi connectivity index (χ1n) is 5.72. The average molecular weight is 381 g/mol. The fraction of sp³-hybridized carbons (Fsp3) is 0.100. The van der Waals surface area contributed by atoms with Crippen molar-refractivity contribution in [2.45, 2.75) is 15.7 Å². The second-order valence-electron chi connectivity index (χ2n) is 4.47. The van der Waals surface area contributed by atoms with E-state index in [1.54, 1.807) is 6.08 Å². The molecule has 1 aromatic carbocycles. The minimum atomic E-state index is -4.99. The lowest BCUT2D eigenvalue weighted by Gasteiger charge is -2.30. The van der Waals surface area contributed by atoms with Crippen LogP contribution >= 0.6 is 0 Å². The summed E-state index contributed by atoms with van der Waals surface area (Å²) in [4.78, 5) is 9.01. The predicted octanol–water partition coefficient (Wildman–Crippen LogP) is -2.09. The van der Waals surface area contributed by atoms with Crippen molar-refractivity contribution in [3.8, 4) is 0 Å². The quantitative estimate of drug-likeness (QED) is 0.246. The highest BCUT2D eigenvalue weighted by molar-refractivity contribution is 7.86. The van der Waals surface area contributed by atoms with Gasteiger partial charge in [0.25, 0.3) is 26.1 Å². The van der Waals surface area contributed by atoms with Crippen molar-refractivity contribution in [1.82, 2.24) is 5.43 Å². The molecule has 24 heavy (non-hydrogen) atoms. The van der Waals surface area contributed by atoms with E-state index in [0.29, 0.717) is 18.2 Å². The van der Waals surface area contributed by atoms with Crippen LogP contribution in [0.3, 0.4) is 0 Å². The SMILES string of the molecule is O=C(O)C1=[C]C(O)(O)N(c2cc(S(=O)(=O)O)ccc2S(=O)(=O)O)N1. The van der Waals surface area contributed by atoms with Crippen LogP contribution in [0.1, 0.15) is 0 Å². The molecule has 0 atom stereocenters. The molecular weight excluding hydrogens is 372 g/mol.